The summed E-state index contributed by atoms with van der Waals surface area (Å²) in [5.41, 5.74) is 0.934. The van der Waals surface area contributed by atoms with E-state index >= 15 is 0 Å². The number of benzene rings is 1. The molecule has 1 aromatic carbocycles. The van der Waals surface area contributed by atoms with Crippen molar-refractivity contribution in [2.45, 2.75) is 58.1 Å². The van der Waals surface area contributed by atoms with Gasteiger partial charge in [0.2, 0.25) is 5.91 Å². The Hall–Kier alpha value is -1.95. The maximum atomic E-state index is 12.8. The number of fused-ring (bicyclic) bond motifs is 1. The highest BCUT2D eigenvalue weighted by Gasteiger charge is 2.37. The number of hydrogen-bond donors (Lipinski definition) is 1. The number of phenolic OH excluding ortho intramolecular Hbond substituents is 1. The molecule has 2 aliphatic heterocycles. The van der Waals surface area contributed by atoms with Crippen molar-refractivity contribution < 1.29 is 19.4 Å². The Bertz CT molecular complexity index is 744. The lowest BCUT2D eigenvalue weighted by molar-refractivity contribution is -0.127. The quantitative estimate of drug-likeness (QED) is 0.844. The zero-order valence-corrected chi connectivity index (χ0v) is 16.9. The highest BCUT2D eigenvalue weighted by Crippen LogP contribution is 2.41. The molecule has 0 radical (unpaired) electrons. The van der Waals surface area contributed by atoms with Crippen molar-refractivity contribution in [1.29, 1.82) is 0 Å². The maximum Gasteiger partial charge on any atom is 0.410 e. The van der Waals surface area contributed by atoms with Crippen LogP contribution in [0.5, 0.6) is 5.75 Å². The first kappa shape index (κ1) is 19.8. The van der Waals surface area contributed by atoms with Gasteiger partial charge in [0, 0.05) is 36.6 Å². The number of amides is 2. The van der Waals surface area contributed by atoms with Gasteiger partial charge in [-0.3, -0.25) is 4.79 Å². The monoisotopic (exact) mass is 394 g/mol. The molecule has 2 aliphatic rings. The molecule has 1 aromatic rings. The van der Waals surface area contributed by atoms with E-state index in [9.17, 15) is 14.7 Å². The number of hydrogen-bond acceptors (Lipinski definition) is 4. The Labute approximate surface area is 165 Å². The van der Waals surface area contributed by atoms with Crippen molar-refractivity contribution in [3.05, 3.63) is 28.3 Å². The van der Waals surface area contributed by atoms with Crippen LogP contribution in [0.1, 0.15) is 57.2 Å². The average molecular weight is 395 g/mol. The molecule has 148 valence electrons. The van der Waals surface area contributed by atoms with E-state index in [1.54, 1.807) is 17.0 Å². The third-order valence-corrected chi connectivity index (χ3v) is 5.41. The van der Waals surface area contributed by atoms with Crippen LogP contribution < -0.4 is 0 Å². The fourth-order valence-electron chi connectivity index (χ4n) is 3.85. The lowest BCUT2D eigenvalue weighted by atomic mass is 9.89. The Morgan fingerprint density at radius 1 is 1.30 bits per heavy atom. The molecule has 7 heteroatoms. The molecule has 1 atom stereocenters. The van der Waals surface area contributed by atoms with Gasteiger partial charge in [0.25, 0.3) is 0 Å². The van der Waals surface area contributed by atoms with Gasteiger partial charge in [-0.25, -0.2) is 4.79 Å². The predicted molar refractivity (Wildman–Crippen MR) is 103 cm³/mol. The lowest BCUT2D eigenvalue weighted by Crippen LogP contribution is -2.44. The van der Waals surface area contributed by atoms with E-state index in [1.165, 1.54) is 0 Å². The van der Waals surface area contributed by atoms with Crippen LogP contribution in [0.2, 0.25) is 5.02 Å². The van der Waals surface area contributed by atoms with E-state index in [0.29, 0.717) is 42.9 Å². The first-order chi connectivity index (χ1) is 12.7. The summed E-state index contributed by atoms with van der Waals surface area (Å²) in [4.78, 5) is 28.2. The molecule has 2 heterocycles. The van der Waals surface area contributed by atoms with Crippen molar-refractivity contribution in [1.82, 2.24) is 9.80 Å². The minimum Gasteiger partial charge on any atom is -0.508 e. The zero-order valence-electron chi connectivity index (χ0n) is 16.1. The molecule has 1 N–H and O–H groups in total. The molecule has 1 saturated heterocycles. The van der Waals surface area contributed by atoms with Gasteiger partial charge >= 0.3 is 6.09 Å². The summed E-state index contributed by atoms with van der Waals surface area (Å²) in [7, 11) is 0. The Morgan fingerprint density at radius 3 is 2.67 bits per heavy atom. The second-order valence-electron chi connectivity index (χ2n) is 8.17. The van der Waals surface area contributed by atoms with Crippen LogP contribution in [-0.4, -0.2) is 52.1 Å². The molecular formula is C20H27ClN2O4. The minimum atomic E-state index is -0.608. The number of nitrogens with zero attached hydrogens (tertiary/aromatic N) is 2. The van der Waals surface area contributed by atoms with Crippen LogP contribution >= 0.6 is 11.6 Å². The fraction of sp³-hybridized carbons (Fsp3) is 0.600. The zero-order chi connectivity index (χ0) is 19.8. The number of halogens is 1. The largest absolute Gasteiger partial charge is 0.508 e. The molecule has 0 aliphatic carbocycles. The number of likely N-dealkylation sites (tertiary alicyclic amines) is 1. The van der Waals surface area contributed by atoms with Crippen molar-refractivity contribution in [2.24, 2.45) is 0 Å². The Balaban J connectivity index is 1.89. The number of carbonyl (C=O) groups is 2. The molecule has 1 fully saturated rings. The minimum absolute atomic E-state index is 0.125. The highest BCUT2D eigenvalue weighted by atomic mass is 35.5. The molecule has 27 heavy (non-hydrogen) atoms. The van der Waals surface area contributed by atoms with Gasteiger partial charge in [0.15, 0.2) is 0 Å². The van der Waals surface area contributed by atoms with Gasteiger partial charge in [-0.05, 0) is 57.7 Å². The molecule has 6 nitrogen and oxygen atoms in total. The Kier molecular flexibility index (Phi) is 5.56. The van der Waals surface area contributed by atoms with Crippen molar-refractivity contribution in [3.63, 3.8) is 0 Å². The topological polar surface area (TPSA) is 70.1 Å². The number of ether oxygens (including phenoxy) is 1. The summed E-state index contributed by atoms with van der Waals surface area (Å²) >= 11 is 6.35. The van der Waals surface area contributed by atoms with Crippen molar-refractivity contribution >= 4 is 23.6 Å². The highest BCUT2D eigenvalue weighted by molar-refractivity contribution is 6.31. The van der Waals surface area contributed by atoms with Gasteiger partial charge < -0.3 is 19.6 Å². The van der Waals surface area contributed by atoms with Crippen LogP contribution in [0, 0.1) is 0 Å². The first-order valence-corrected chi connectivity index (χ1v) is 9.83. The van der Waals surface area contributed by atoms with E-state index < -0.39 is 11.7 Å². The summed E-state index contributed by atoms with van der Waals surface area (Å²) in [6, 6.07) is 2.86. The number of phenols is 1. The molecule has 3 rings (SSSR count). The number of rotatable bonds is 3. The van der Waals surface area contributed by atoms with Crippen LogP contribution in [0.25, 0.3) is 0 Å². The molecule has 0 bridgehead atoms. The van der Waals surface area contributed by atoms with Gasteiger partial charge in [-0.1, -0.05) is 11.6 Å². The maximum absolute atomic E-state index is 12.8. The molecule has 0 spiro atoms. The summed E-state index contributed by atoms with van der Waals surface area (Å²) < 4.78 is 5.58. The van der Waals surface area contributed by atoms with E-state index in [-0.39, 0.29) is 17.7 Å². The first-order valence-electron chi connectivity index (χ1n) is 9.45. The summed E-state index contributed by atoms with van der Waals surface area (Å²) in [6.45, 7) is 7.23. The van der Waals surface area contributed by atoms with Gasteiger partial charge in [0.1, 0.15) is 11.4 Å². The third kappa shape index (κ3) is 4.32. The molecule has 0 aromatic heterocycles. The summed E-state index contributed by atoms with van der Waals surface area (Å²) in [5.74, 6) is 0.269. The summed E-state index contributed by atoms with van der Waals surface area (Å²) in [5, 5.41) is 11.1. The van der Waals surface area contributed by atoms with Gasteiger partial charge in [0.05, 0.1) is 6.04 Å². The number of carbonyl (C=O) groups excluding carboxylic acids is 2. The van der Waals surface area contributed by atoms with E-state index in [1.807, 2.05) is 25.7 Å². The summed E-state index contributed by atoms with van der Waals surface area (Å²) in [6.07, 6.45) is 2.12. The second-order valence-corrected chi connectivity index (χ2v) is 8.58. The molecule has 2 amide bonds. The van der Waals surface area contributed by atoms with Crippen LogP contribution in [-0.2, 0) is 16.0 Å². The van der Waals surface area contributed by atoms with Crippen LogP contribution in [0.3, 0.4) is 0 Å². The van der Waals surface area contributed by atoms with Crippen LogP contribution in [0.15, 0.2) is 12.1 Å². The molecular weight excluding hydrogens is 368 g/mol. The SMILES string of the molecule is CC(C)(C)OC(=O)N1CCc2c(Cl)ccc(O)c2[C@H]1CCN1CCCC1=O. The van der Waals surface area contributed by atoms with Crippen LogP contribution in [0.4, 0.5) is 4.79 Å². The second kappa shape index (κ2) is 7.58. The van der Waals surface area contributed by atoms with E-state index in [4.69, 9.17) is 16.3 Å². The third-order valence-electron chi connectivity index (χ3n) is 5.06. The van der Waals surface area contributed by atoms with E-state index in [0.717, 1.165) is 18.5 Å². The van der Waals surface area contributed by atoms with Gasteiger partial charge in [-0.2, -0.15) is 0 Å². The molecule has 0 saturated carbocycles. The average Bonchev–Trinajstić information content (AvgIpc) is 2.99. The number of aromatic hydroxyl groups is 1. The smallest absolute Gasteiger partial charge is 0.410 e. The Morgan fingerprint density at radius 2 is 2.04 bits per heavy atom. The lowest BCUT2D eigenvalue weighted by Gasteiger charge is -2.39. The van der Waals surface area contributed by atoms with E-state index in [2.05, 4.69) is 0 Å². The predicted octanol–water partition coefficient (Wildman–Crippen LogP) is 3.89. The normalized spacial score (nSPS) is 20.0. The fourth-order valence-corrected chi connectivity index (χ4v) is 4.11. The van der Waals surface area contributed by atoms with Crippen molar-refractivity contribution in [2.75, 3.05) is 19.6 Å². The standard InChI is InChI=1S/C20H27ClN2O4/c1-20(2,3)27-19(26)23-12-8-13-14(21)6-7-16(24)18(13)15(23)9-11-22-10-4-5-17(22)25/h6-7,15,24H,4-5,8-12H2,1-3H3/t15-/m1/s1. The van der Waals surface area contributed by atoms with Crippen molar-refractivity contribution in [3.8, 4) is 5.75 Å². The molecule has 0 unspecified atom stereocenters. The van der Waals surface area contributed by atoms with Gasteiger partial charge in [-0.15, -0.1) is 0 Å².